The van der Waals surface area contributed by atoms with Crippen LogP contribution in [0.3, 0.4) is 0 Å². The van der Waals surface area contributed by atoms with Gasteiger partial charge in [0.2, 0.25) is 5.78 Å². The Morgan fingerprint density at radius 3 is 2.95 bits per heavy atom. The number of aromatic amines is 1. The van der Waals surface area contributed by atoms with Crippen LogP contribution in [-0.4, -0.2) is 15.8 Å². The van der Waals surface area contributed by atoms with E-state index in [-0.39, 0.29) is 23.5 Å². The third-order valence-electron chi connectivity index (χ3n) is 3.21. The van der Waals surface area contributed by atoms with Crippen LogP contribution in [0.5, 0.6) is 0 Å². The summed E-state index contributed by atoms with van der Waals surface area (Å²) in [6.45, 7) is 3.85. The predicted octanol–water partition coefficient (Wildman–Crippen LogP) is 2.62. The number of hydrogen-bond acceptors (Lipinski definition) is 5. The molecule has 3 aromatic heterocycles. The van der Waals surface area contributed by atoms with Gasteiger partial charge < -0.3 is 9.40 Å². The van der Waals surface area contributed by atoms with Gasteiger partial charge in [0.15, 0.2) is 5.76 Å². The van der Waals surface area contributed by atoms with Crippen molar-refractivity contribution in [3.8, 4) is 0 Å². The Labute approximate surface area is 118 Å². The number of carbonyl (C=O) groups is 1. The number of ketones is 1. The van der Waals surface area contributed by atoms with Gasteiger partial charge in [-0.2, -0.15) is 0 Å². The van der Waals surface area contributed by atoms with Crippen molar-refractivity contribution in [2.45, 2.75) is 20.3 Å². The third-order valence-corrected chi connectivity index (χ3v) is 4.31. The lowest BCUT2D eigenvalue weighted by Gasteiger charge is -1.99. The number of aromatic nitrogens is 2. The quantitative estimate of drug-likeness (QED) is 0.752. The van der Waals surface area contributed by atoms with E-state index in [1.807, 2.05) is 13.8 Å². The van der Waals surface area contributed by atoms with Crippen LogP contribution in [0.2, 0.25) is 0 Å². The van der Waals surface area contributed by atoms with Crippen LogP contribution in [0.15, 0.2) is 27.6 Å². The number of aryl methyl sites for hydroxylation is 2. The van der Waals surface area contributed by atoms with Crippen LogP contribution < -0.4 is 5.56 Å². The summed E-state index contributed by atoms with van der Waals surface area (Å²) >= 11 is 1.47. The molecule has 0 radical (unpaired) electrons. The largest absolute Gasteiger partial charge is 0.461 e. The van der Waals surface area contributed by atoms with E-state index in [9.17, 15) is 9.59 Å². The molecule has 0 fully saturated rings. The second kappa shape index (κ2) is 4.72. The van der Waals surface area contributed by atoms with E-state index in [1.54, 1.807) is 12.1 Å². The average Bonchev–Trinajstić information content (AvgIpc) is 2.99. The van der Waals surface area contributed by atoms with Crippen molar-refractivity contribution in [1.82, 2.24) is 9.97 Å². The number of furan rings is 1. The topological polar surface area (TPSA) is 76.0 Å². The molecule has 20 heavy (non-hydrogen) atoms. The highest BCUT2D eigenvalue weighted by molar-refractivity contribution is 7.18. The minimum Gasteiger partial charge on any atom is -0.461 e. The molecular weight excluding hydrogens is 276 g/mol. The van der Waals surface area contributed by atoms with Crippen LogP contribution in [0.4, 0.5) is 0 Å². The number of rotatable bonds is 3. The molecule has 5 nitrogen and oxygen atoms in total. The van der Waals surface area contributed by atoms with Crippen LogP contribution in [0, 0.1) is 13.8 Å². The van der Waals surface area contributed by atoms with Crippen molar-refractivity contribution in [3.63, 3.8) is 0 Å². The SMILES string of the molecule is Cc1sc2nc(CC(=O)c3ccco3)[nH]c(=O)c2c1C. The molecular formula is C14H12N2O3S. The molecule has 0 aliphatic rings. The maximum absolute atomic E-state index is 12.1. The first-order valence-corrected chi connectivity index (χ1v) is 6.93. The number of hydrogen-bond donors (Lipinski definition) is 1. The third kappa shape index (κ3) is 2.08. The first kappa shape index (κ1) is 12.8. The van der Waals surface area contributed by atoms with Gasteiger partial charge in [-0.3, -0.25) is 9.59 Å². The van der Waals surface area contributed by atoms with Crippen LogP contribution in [0.1, 0.15) is 26.8 Å². The smallest absolute Gasteiger partial charge is 0.259 e. The zero-order chi connectivity index (χ0) is 14.3. The fourth-order valence-corrected chi connectivity index (χ4v) is 3.11. The van der Waals surface area contributed by atoms with Gasteiger partial charge >= 0.3 is 0 Å². The molecule has 3 rings (SSSR count). The number of nitrogens with zero attached hydrogens (tertiary/aromatic N) is 1. The van der Waals surface area contributed by atoms with Crippen LogP contribution >= 0.6 is 11.3 Å². The van der Waals surface area contributed by atoms with E-state index in [1.165, 1.54) is 17.6 Å². The molecule has 1 N–H and O–H groups in total. The van der Waals surface area contributed by atoms with E-state index < -0.39 is 0 Å². The Kier molecular flexibility index (Phi) is 3.02. The maximum Gasteiger partial charge on any atom is 0.259 e. The van der Waals surface area contributed by atoms with Gasteiger partial charge in [0.05, 0.1) is 18.1 Å². The van der Waals surface area contributed by atoms with E-state index in [0.717, 1.165) is 10.4 Å². The molecule has 0 amide bonds. The number of H-pyrrole nitrogens is 1. The molecule has 3 aromatic rings. The maximum atomic E-state index is 12.1. The summed E-state index contributed by atoms with van der Waals surface area (Å²) in [5, 5.41) is 0.613. The molecule has 0 aliphatic heterocycles. The molecule has 0 bridgehead atoms. The summed E-state index contributed by atoms with van der Waals surface area (Å²) in [6, 6.07) is 3.25. The molecule has 3 heterocycles. The summed E-state index contributed by atoms with van der Waals surface area (Å²) < 4.78 is 5.04. The molecule has 0 aliphatic carbocycles. The molecule has 102 valence electrons. The highest BCUT2D eigenvalue weighted by atomic mass is 32.1. The normalized spacial score (nSPS) is 11.1. The fraction of sp³-hybridized carbons (Fsp3) is 0.214. The zero-order valence-corrected chi connectivity index (χ0v) is 11.8. The molecule has 0 atom stereocenters. The van der Waals surface area contributed by atoms with Crippen LogP contribution in [-0.2, 0) is 6.42 Å². The van der Waals surface area contributed by atoms with Gasteiger partial charge in [-0.25, -0.2) is 4.98 Å². The fourth-order valence-electron chi connectivity index (χ4n) is 2.06. The molecule has 0 aromatic carbocycles. The number of carbonyl (C=O) groups excluding carboxylic acids is 1. The highest BCUT2D eigenvalue weighted by Gasteiger charge is 2.15. The van der Waals surface area contributed by atoms with Gasteiger partial charge in [-0.05, 0) is 31.5 Å². The summed E-state index contributed by atoms with van der Waals surface area (Å²) in [4.78, 5) is 32.8. The zero-order valence-electron chi connectivity index (χ0n) is 11.0. The van der Waals surface area contributed by atoms with E-state index >= 15 is 0 Å². The first-order valence-electron chi connectivity index (χ1n) is 6.12. The Morgan fingerprint density at radius 1 is 1.45 bits per heavy atom. The minimum absolute atomic E-state index is 0.0225. The number of thiophene rings is 1. The van der Waals surface area contributed by atoms with Crippen molar-refractivity contribution in [2.24, 2.45) is 0 Å². The van der Waals surface area contributed by atoms with Crippen molar-refractivity contribution in [2.75, 3.05) is 0 Å². The summed E-state index contributed by atoms with van der Waals surface area (Å²) in [5.74, 6) is 0.430. The first-order chi connectivity index (χ1) is 9.56. The molecule has 0 spiro atoms. The number of Topliss-reactive ketones (excluding diaryl/α,β-unsaturated/α-hetero) is 1. The Morgan fingerprint density at radius 2 is 2.25 bits per heavy atom. The summed E-state index contributed by atoms with van der Waals surface area (Å²) in [5.41, 5.74) is 0.752. The van der Waals surface area contributed by atoms with E-state index in [0.29, 0.717) is 16.0 Å². The Hall–Kier alpha value is -2.21. The lowest BCUT2D eigenvalue weighted by atomic mass is 10.2. The second-order valence-electron chi connectivity index (χ2n) is 4.55. The van der Waals surface area contributed by atoms with Crippen molar-refractivity contribution < 1.29 is 9.21 Å². The molecule has 0 saturated heterocycles. The van der Waals surface area contributed by atoms with Crippen molar-refractivity contribution >= 4 is 27.3 Å². The van der Waals surface area contributed by atoms with E-state index in [2.05, 4.69) is 9.97 Å². The van der Waals surface area contributed by atoms with Gasteiger partial charge in [0, 0.05) is 4.88 Å². The van der Waals surface area contributed by atoms with Gasteiger partial charge in [-0.1, -0.05) is 0 Å². The standard InChI is InChI=1S/C14H12N2O3S/c1-7-8(2)20-14-12(7)13(18)15-11(16-14)6-9(17)10-4-3-5-19-10/h3-5H,6H2,1-2H3,(H,15,16,18). The van der Waals surface area contributed by atoms with Gasteiger partial charge in [0.25, 0.3) is 5.56 Å². The number of nitrogens with one attached hydrogen (secondary N) is 1. The summed E-state index contributed by atoms with van der Waals surface area (Å²) in [7, 11) is 0. The van der Waals surface area contributed by atoms with E-state index in [4.69, 9.17) is 4.42 Å². The molecule has 0 saturated carbocycles. The predicted molar refractivity (Wildman–Crippen MR) is 76.5 cm³/mol. The van der Waals surface area contributed by atoms with Crippen molar-refractivity contribution in [3.05, 3.63) is 50.8 Å². The highest BCUT2D eigenvalue weighted by Crippen LogP contribution is 2.25. The average molecular weight is 288 g/mol. The minimum atomic E-state index is -0.206. The lowest BCUT2D eigenvalue weighted by Crippen LogP contribution is -2.14. The molecule has 6 heteroatoms. The Balaban J connectivity index is 2.01. The molecule has 0 unspecified atom stereocenters. The monoisotopic (exact) mass is 288 g/mol. The van der Waals surface area contributed by atoms with Crippen molar-refractivity contribution in [1.29, 1.82) is 0 Å². The van der Waals surface area contributed by atoms with Gasteiger partial charge in [-0.15, -0.1) is 11.3 Å². The second-order valence-corrected chi connectivity index (χ2v) is 5.76. The van der Waals surface area contributed by atoms with Crippen LogP contribution in [0.25, 0.3) is 10.2 Å². The lowest BCUT2D eigenvalue weighted by molar-refractivity contribution is 0.0964. The summed E-state index contributed by atoms with van der Waals surface area (Å²) in [6.07, 6.45) is 1.47. The number of fused-ring (bicyclic) bond motifs is 1. The Bertz CT molecular complexity index is 843. The van der Waals surface area contributed by atoms with Gasteiger partial charge in [0.1, 0.15) is 10.7 Å².